The van der Waals surface area contributed by atoms with Gasteiger partial charge in [0.15, 0.2) is 0 Å². The first-order valence-electron chi connectivity index (χ1n) is 5.55. The first kappa shape index (κ1) is 12.5. The fraction of sp³-hybridized carbons (Fsp3) is 0.417. The number of carbonyl (C=O) groups is 1. The van der Waals surface area contributed by atoms with Crippen LogP contribution in [0.3, 0.4) is 0 Å². The van der Waals surface area contributed by atoms with Crippen LogP contribution in [-0.4, -0.2) is 36.5 Å². The van der Waals surface area contributed by atoms with E-state index >= 15 is 0 Å². The van der Waals surface area contributed by atoms with Crippen LogP contribution in [0.25, 0.3) is 0 Å². The smallest absolute Gasteiger partial charge is 0.254 e. The molecule has 1 aliphatic rings. The van der Waals surface area contributed by atoms with Crippen LogP contribution in [0.5, 0.6) is 0 Å². The highest BCUT2D eigenvalue weighted by atomic mass is 79.9. The molecule has 1 heterocycles. The number of rotatable bonds is 1. The summed E-state index contributed by atoms with van der Waals surface area (Å²) in [5.74, 6) is -0.510. The number of nitrogens with one attached hydrogen (secondary N) is 1. The summed E-state index contributed by atoms with van der Waals surface area (Å²) < 4.78 is 13.8. The normalized spacial score (nSPS) is 20.4. The third kappa shape index (κ3) is 2.84. The van der Waals surface area contributed by atoms with E-state index in [2.05, 4.69) is 21.2 Å². The van der Waals surface area contributed by atoms with Gasteiger partial charge in [0.05, 0.1) is 0 Å². The highest BCUT2D eigenvalue weighted by molar-refractivity contribution is 9.10. The quantitative estimate of drug-likeness (QED) is 0.861. The van der Waals surface area contributed by atoms with Crippen molar-refractivity contribution in [1.82, 2.24) is 10.2 Å². The molecule has 1 unspecified atom stereocenters. The van der Waals surface area contributed by atoms with Gasteiger partial charge in [0.1, 0.15) is 5.82 Å². The lowest BCUT2D eigenvalue weighted by Gasteiger charge is -2.34. The van der Waals surface area contributed by atoms with Crippen LogP contribution in [-0.2, 0) is 0 Å². The fourth-order valence-electron chi connectivity index (χ4n) is 1.99. The zero-order chi connectivity index (χ0) is 12.4. The van der Waals surface area contributed by atoms with Crippen LogP contribution in [0, 0.1) is 5.82 Å². The van der Waals surface area contributed by atoms with Crippen molar-refractivity contribution in [2.75, 3.05) is 19.6 Å². The molecule has 0 bridgehead atoms. The molecule has 1 aliphatic heterocycles. The summed E-state index contributed by atoms with van der Waals surface area (Å²) >= 11 is 3.20. The molecule has 2 rings (SSSR count). The van der Waals surface area contributed by atoms with Crippen molar-refractivity contribution in [3.63, 3.8) is 0 Å². The maximum Gasteiger partial charge on any atom is 0.254 e. The number of nitrogens with zero attached hydrogens (tertiary/aromatic N) is 1. The van der Waals surface area contributed by atoms with Crippen LogP contribution in [0.2, 0.25) is 0 Å². The van der Waals surface area contributed by atoms with Gasteiger partial charge in [-0.3, -0.25) is 4.79 Å². The molecule has 1 amide bonds. The number of piperazine rings is 1. The molecule has 0 spiro atoms. The van der Waals surface area contributed by atoms with E-state index in [1.54, 1.807) is 11.0 Å². The van der Waals surface area contributed by atoms with Crippen molar-refractivity contribution in [1.29, 1.82) is 0 Å². The Hall–Kier alpha value is -0.940. The molecule has 1 fully saturated rings. The monoisotopic (exact) mass is 300 g/mol. The maximum atomic E-state index is 13.2. The van der Waals surface area contributed by atoms with Crippen molar-refractivity contribution in [2.24, 2.45) is 0 Å². The third-order valence-corrected chi connectivity index (χ3v) is 3.33. The standard InChI is InChI=1S/C12H14BrFN2O/c1-8-7-15-2-3-16(8)12(17)9-4-10(13)6-11(14)5-9/h4-6,8,15H,2-3,7H2,1H3. The van der Waals surface area contributed by atoms with Gasteiger partial charge in [-0.1, -0.05) is 15.9 Å². The zero-order valence-electron chi connectivity index (χ0n) is 9.54. The molecule has 1 saturated heterocycles. The Morgan fingerprint density at radius 3 is 2.94 bits per heavy atom. The Labute approximate surface area is 108 Å². The summed E-state index contributed by atoms with van der Waals surface area (Å²) in [6.45, 7) is 4.21. The van der Waals surface area contributed by atoms with Crippen LogP contribution in [0.1, 0.15) is 17.3 Å². The van der Waals surface area contributed by atoms with Gasteiger partial charge in [0.25, 0.3) is 5.91 Å². The van der Waals surface area contributed by atoms with Gasteiger partial charge < -0.3 is 10.2 Å². The summed E-state index contributed by atoms with van der Waals surface area (Å²) in [5, 5.41) is 3.22. The Balaban J connectivity index is 2.23. The molecule has 0 aromatic heterocycles. The van der Waals surface area contributed by atoms with Gasteiger partial charge in [-0.05, 0) is 25.1 Å². The van der Waals surface area contributed by atoms with Crippen molar-refractivity contribution < 1.29 is 9.18 Å². The molecule has 0 aliphatic carbocycles. The lowest BCUT2D eigenvalue weighted by Crippen LogP contribution is -2.52. The second kappa shape index (κ2) is 5.14. The van der Waals surface area contributed by atoms with Gasteiger partial charge in [-0.25, -0.2) is 4.39 Å². The van der Waals surface area contributed by atoms with E-state index in [1.807, 2.05) is 6.92 Å². The van der Waals surface area contributed by atoms with Crippen LogP contribution in [0.15, 0.2) is 22.7 Å². The van der Waals surface area contributed by atoms with E-state index in [-0.39, 0.29) is 11.9 Å². The lowest BCUT2D eigenvalue weighted by atomic mass is 10.1. The zero-order valence-corrected chi connectivity index (χ0v) is 11.1. The van der Waals surface area contributed by atoms with Gasteiger partial charge >= 0.3 is 0 Å². The van der Waals surface area contributed by atoms with Crippen molar-refractivity contribution in [3.8, 4) is 0 Å². The lowest BCUT2D eigenvalue weighted by molar-refractivity contribution is 0.0655. The molecule has 0 radical (unpaired) electrons. The second-order valence-corrected chi connectivity index (χ2v) is 5.13. The molecule has 1 aromatic rings. The molecular weight excluding hydrogens is 287 g/mol. The summed E-state index contributed by atoms with van der Waals surface area (Å²) in [6, 6.07) is 4.42. The number of hydrogen-bond donors (Lipinski definition) is 1. The summed E-state index contributed by atoms with van der Waals surface area (Å²) in [4.78, 5) is 14.0. The van der Waals surface area contributed by atoms with Crippen LogP contribution in [0.4, 0.5) is 4.39 Å². The van der Waals surface area contributed by atoms with Crippen molar-refractivity contribution >= 4 is 21.8 Å². The average Bonchev–Trinajstić information content (AvgIpc) is 2.27. The molecule has 0 saturated carbocycles. The summed E-state index contributed by atoms with van der Waals surface area (Å²) in [6.07, 6.45) is 0. The molecular formula is C12H14BrFN2O. The Morgan fingerprint density at radius 1 is 1.53 bits per heavy atom. The number of amides is 1. The van der Waals surface area contributed by atoms with E-state index in [9.17, 15) is 9.18 Å². The number of hydrogen-bond acceptors (Lipinski definition) is 2. The van der Waals surface area contributed by atoms with Crippen molar-refractivity contribution in [2.45, 2.75) is 13.0 Å². The Bertz CT molecular complexity index is 418. The van der Waals surface area contributed by atoms with E-state index in [0.717, 1.165) is 13.1 Å². The largest absolute Gasteiger partial charge is 0.333 e. The highest BCUT2D eigenvalue weighted by Crippen LogP contribution is 2.17. The van der Waals surface area contributed by atoms with Crippen LogP contribution >= 0.6 is 15.9 Å². The number of halogens is 2. The van der Waals surface area contributed by atoms with E-state index in [0.29, 0.717) is 16.6 Å². The minimum Gasteiger partial charge on any atom is -0.333 e. The van der Waals surface area contributed by atoms with Crippen molar-refractivity contribution in [3.05, 3.63) is 34.1 Å². The molecule has 1 atom stereocenters. The SMILES string of the molecule is CC1CNCCN1C(=O)c1cc(F)cc(Br)c1. The molecule has 5 heteroatoms. The van der Waals surface area contributed by atoms with Gasteiger partial charge in [-0.15, -0.1) is 0 Å². The average molecular weight is 301 g/mol. The fourth-order valence-corrected chi connectivity index (χ4v) is 2.45. The first-order chi connectivity index (χ1) is 8.08. The topological polar surface area (TPSA) is 32.3 Å². The first-order valence-corrected chi connectivity index (χ1v) is 6.35. The van der Waals surface area contributed by atoms with Crippen LogP contribution < -0.4 is 5.32 Å². The van der Waals surface area contributed by atoms with Gasteiger partial charge in [0, 0.05) is 35.7 Å². The molecule has 92 valence electrons. The maximum absolute atomic E-state index is 13.2. The predicted octanol–water partition coefficient (Wildman–Crippen LogP) is 2.02. The predicted molar refractivity (Wildman–Crippen MR) is 67.5 cm³/mol. The van der Waals surface area contributed by atoms with E-state index in [4.69, 9.17) is 0 Å². The number of benzene rings is 1. The summed E-state index contributed by atoms with van der Waals surface area (Å²) in [7, 11) is 0. The summed E-state index contributed by atoms with van der Waals surface area (Å²) in [5.41, 5.74) is 0.394. The minimum atomic E-state index is -0.398. The molecule has 3 nitrogen and oxygen atoms in total. The Morgan fingerprint density at radius 2 is 2.29 bits per heavy atom. The number of carbonyl (C=O) groups excluding carboxylic acids is 1. The Kier molecular flexibility index (Phi) is 3.79. The van der Waals surface area contributed by atoms with Gasteiger partial charge in [0.2, 0.25) is 0 Å². The van der Waals surface area contributed by atoms with E-state index in [1.165, 1.54) is 12.1 Å². The van der Waals surface area contributed by atoms with E-state index < -0.39 is 5.82 Å². The molecule has 1 N–H and O–H groups in total. The second-order valence-electron chi connectivity index (χ2n) is 4.21. The highest BCUT2D eigenvalue weighted by Gasteiger charge is 2.24. The van der Waals surface area contributed by atoms with Gasteiger partial charge in [-0.2, -0.15) is 0 Å². The third-order valence-electron chi connectivity index (χ3n) is 2.87. The molecule has 1 aromatic carbocycles. The molecule has 17 heavy (non-hydrogen) atoms. The minimum absolute atomic E-state index is 0.112.